The number of nitrogen functional groups attached to an aromatic ring is 1. The number of pyridine rings is 1. The van der Waals surface area contributed by atoms with Gasteiger partial charge in [-0.15, -0.1) is 0 Å². The van der Waals surface area contributed by atoms with E-state index < -0.39 is 5.60 Å². The van der Waals surface area contributed by atoms with Crippen LogP contribution in [0.3, 0.4) is 0 Å². The molecule has 1 aromatic carbocycles. The number of benzene rings is 1. The van der Waals surface area contributed by atoms with Crippen LogP contribution in [0.25, 0.3) is 22.3 Å². The number of nitrogens with two attached hydrogens (primary N) is 1. The molecule has 29 heavy (non-hydrogen) atoms. The fourth-order valence-electron chi connectivity index (χ4n) is 3.43. The Morgan fingerprint density at radius 2 is 1.97 bits per heavy atom. The standard InChI is InChI=1S/C22H21N5O2/c1-13-4-5-15(8-9-22(29)10-11-27(3)21(22)28)12-16(13)17-6-7-18-19(26-17)20(23)25-14(2)24-18/h4-7,12,29H,10-11H2,1-3H3,(H2,23,24,25). The van der Waals surface area contributed by atoms with Crippen LogP contribution in [0, 0.1) is 25.7 Å². The van der Waals surface area contributed by atoms with Gasteiger partial charge in [0.15, 0.2) is 5.82 Å². The summed E-state index contributed by atoms with van der Waals surface area (Å²) in [6.45, 7) is 4.26. The third-order valence-electron chi connectivity index (χ3n) is 5.12. The lowest BCUT2D eigenvalue weighted by molar-refractivity contribution is -0.137. The van der Waals surface area contributed by atoms with Crippen molar-refractivity contribution in [2.45, 2.75) is 25.9 Å². The molecule has 1 aliphatic rings. The fraction of sp³-hybridized carbons (Fsp3) is 0.273. The molecule has 1 saturated heterocycles. The summed E-state index contributed by atoms with van der Waals surface area (Å²) in [4.78, 5) is 26.8. The molecule has 1 atom stereocenters. The minimum Gasteiger partial charge on any atom is -0.382 e. The first-order valence-corrected chi connectivity index (χ1v) is 9.30. The molecule has 0 radical (unpaired) electrons. The zero-order chi connectivity index (χ0) is 20.8. The van der Waals surface area contributed by atoms with E-state index in [-0.39, 0.29) is 5.91 Å². The molecular weight excluding hydrogens is 366 g/mol. The van der Waals surface area contributed by atoms with E-state index in [1.165, 1.54) is 4.90 Å². The maximum Gasteiger partial charge on any atom is 0.267 e. The van der Waals surface area contributed by atoms with E-state index in [1.807, 2.05) is 37.3 Å². The molecule has 2 aromatic heterocycles. The number of carbonyl (C=O) groups is 1. The van der Waals surface area contributed by atoms with Gasteiger partial charge < -0.3 is 15.7 Å². The zero-order valence-electron chi connectivity index (χ0n) is 16.5. The van der Waals surface area contributed by atoms with Crippen LogP contribution in [0.4, 0.5) is 5.82 Å². The number of hydrogen-bond donors (Lipinski definition) is 2. The van der Waals surface area contributed by atoms with Crippen LogP contribution in [0.5, 0.6) is 0 Å². The molecule has 0 spiro atoms. The smallest absolute Gasteiger partial charge is 0.267 e. The highest BCUT2D eigenvalue weighted by Gasteiger charge is 2.42. The highest BCUT2D eigenvalue weighted by molar-refractivity contribution is 5.90. The van der Waals surface area contributed by atoms with Crippen molar-refractivity contribution in [3.63, 3.8) is 0 Å². The van der Waals surface area contributed by atoms with Gasteiger partial charge in [-0.2, -0.15) is 0 Å². The number of anilines is 1. The summed E-state index contributed by atoms with van der Waals surface area (Å²) < 4.78 is 0. The number of amides is 1. The first kappa shape index (κ1) is 18.8. The molecule has 1 fully saturated rings. The molecule has 7 heteroatoms. The summed E-state index contributed by atoms with van der Waals surface area (Å²) in [5, 5.41) is 10.5. The number of nitrogens with zero attached hydrogens (tertiary/aromatic N) is 4. The van der Waals surface area contributed by atoms with Crippen molar-refractivity contribution < 1.29 is 9.90 Å². The number of carbonyl (C=O) groups excluding carboxylic acids is 1. The van der Waals surface area contributed by atoms with Gasteiger partial charge in [0.25, 0.3) is 5.91 Å². The van der Waals surface area contributed by atoms with Crippen LogP contribution in [-0.2, 0) is 4.79 Å². The molecule has 7 nitrogen and oxygen atoms in total. The van der Waals surface area contributed by atoms with Crippen molar-refractivity contribution >= 4 is 22.8 Å². The van der Waals surface area contributed by atoms with Gasteiger partial charge in [-0.25, -0.2) is 15.0 Å². The SMILES string of the molecule is Cc1nc(N)c2nc(-c3cc(C#CC4(O)CCN(C)C4=O)ccc3C)ccc2n1. The molecule has 146 valence electrons. The van der Waals surface area contributed by atoms with Crippen LogP contribution in [0.2, 0.25) is 0 Å². The molecule has 3 heterocycles. The molecule has 0 bridgehead atoms. The molecule has 3 aromatic rings. The van der Waals surface area contributed by atoms with Crippen LogP contribution < -0.4 is 5.73 Å². The number of likely N-dealkylation sites (tertiary alicyclic amines) is 1. The molecule has 1 unspecified atom stereocenters. The summed E-state index contributed by atoms with van der Waals surface area (Å²) in [5.41, 5.74) is 8.98. The summed E-state index contributed by atoms with van der Waals surface area (Å²) in [6.07, 6.45) is 0.305. The topological polar surface area (TPSA) is 105 Å². The molecular formula is C22H21N5O2. The van der Waals surface area contributed by atoms with Crippen LogP contribution >= 0.6 is 0 Å². The van der Waals surface area contributed by atoms with Crippen molar-refractivity contribution in [1.82, 2.24) is 19.9 Å². The number of fused-ring (bicyclic) bond motifs is 1. The Kier molecular flexibility index (Phi) is 4.44. The number of likely N-dealkylation sites (N-methyl/N-ethyl adjacent to an activating group) is 1. The first-order valence-electron chi connectivity index (χ1n) is 9.30. The van der Waals surface area contributed by atoms with Crippen LogP contribution in [-0.4, -0.2) is 50.1 Å². The van der Waals surface area contributed by atoms with E-state index in [1.54, 1.807) is 14.0 Å². The van der Waals surface area contributed by atoms with Gasteiger partial charge in [0.05, 0.1) is 11.2 Å². The Balaban J connectivity index is 1.74. The van der Waals surface area contributed by atoms with E-state index in [2.05, 4.69) is 26.8 Å². The Morgan fingerprint density at radius 3 is 2.69 bits per heavy atom. The number of aromatic nitrogens is 3. The summed E-state index contributed by atoms with van der Waals surface area (Å²) in [6, 6.07) is 9.45. The monoisotopic (exact) mass is 387 g/mol. The highest BCUT2D eigenvalue weighted by Crippen LogP contribution is 2.26. The predicted octanol–water partition coefficient (Wildman–Crippen LogP) is 1.84. The number of rotatable bonds is 1. The molecule has 3 N–H and O–H groups in total. The predicted molar refractivity (Wildman–Crippen MR) is 111 cm³/mol. The molecule has 0 aliphatic carbocycles. The lowest BCUT2D eigenvalue weighted by Gasteiger charge is -2.13. The van der Waals surface area contributed by atoms with E-state index in [0.29, 0.717) is 41.2 Å². The Hall–Kier alpha value is -3.50. The van der Waals surface area contributed by atoms with Crippen molar-refractivity contribution in [2.75, 3.05) is 19.3 Å². The third-order valence-corrected chi connectivity index (χ3v) is 5.12. The van der Waals surface area contributed by atoms with Crippen LogP contribution in [0.15, 0.2) is 30.3 Å². The average Bonchev–Trinajstić information content (AvgIpc) is 2.95. The van der Waals surface area contributed by atoms with E-state index >= 15 is 0 Å². The van der Waals surface area contributed by atoms with Gasteiger partial charge in [-0.1, -0.05) is 17.9 Å². The minimum atomic E-state index is -1.62. The summed E-state index contributed by atoms with van der Waals surface area (Å²) >= 11 is 0. The number of aliphatic hydroxyl groups is 1. The van der Waals surface area contributed by atoms with E-state index in [9.17, 15) is 9.90 Å². The van der Waals surface area contributed by atoms with Gasteiger partial charge in [-0.05, 0) is 43.7 Å². The Morgan fingerprint density at radius 1 is 1.17 bits per heavy atom. The minimum absolute atomic E-state index is 0.305. The molecule has 4 rings (SSSR count). The van der Waals surface area contributed by atoms with Crippen molar-refractivity contribution in [3.8, 4) is 23.1 Å². The molecule has 1 amide bonds. The molecule has 1 aliphatic heterocycles. The lowest BCUT2D eigenvalue weighted by atomic mass is 9.99. The van der Waals surface area contributed by atoms with Gasteiger partial charge in [0, 0.05) is 31.1 Å². The maximum absolute atomic E-state index is 12.1. The fourth-order valence-corrected chi connectivity index (χ4v) is 3.43. The molecule has 0 saturated carbocycles. The number of aryl methyl sites for hydroxylation is 2. The van der Waals surface area contributed by atoms with Crippen molar-refractivity contribution in [1.29, 1.82) is 0 Å². The lowest BCUT2D eigenvalue weighted by Crippen LogP contribution is -2.37. The second kappa shape index (κ2) is 6.83. The van der Waals surface area contributed by atoms with E-state index in [0.717, 1.165) is 16.8 Å². The van der Waals surface area contributed by atoms with E-state index in [4.69, 9.17) is 5.73 Å². The van der Waals surface area contributed by atoms with Gasteiger partial charge in [0.1, 0.15) is 11.3 Å². The highest BCUT2D eigenvalue weighted by atomic mass is 16.3. The first-order chi connectivity index (χ1) is 13.8. The third kappa shape index (κ3) is 3.39. The van der Waals surface area contributed by atoms with Crippen molar-refractivity contribution in [3.05, 3.63) is 47.3 Å². The van der Waals surface area contributed by atoms with Crippen molar-refractivity contribution in [2.24, 2.45) is 0 Å². The normalized spacial score (nSPS) is 18.8. The summed E-state index contributed by atoms with van der Waals surface area (Å²) in [7, 11) is 1.66. The Bertz CT molecular complexity index is 1210. The second-order valence-electron chi connectivity index (χ2n) is 7.34. The summed E-state index contributed by atoms with van der Waals surface area (Å²) in [5.74, 6) is 6.28. The second-order valence-corrected chi connectivity index (χ2v) is 7.34. The number of hydrogen-bond acceptors (Lipinski definition) is 6. The van der Waals surface area contributed by atoms with Crippen LogP contribution in [0.1, 0.15) is 23.4 Å². The largest absolute Gasteiger partial charge is 0.382 e. The maximum atomic E-state index is 12.1. The van der Waals surface area contributed by atoms with Gasteiger partial charge in [0.2, 0.25) is 5.60 Å². The van der Waals surface area contributed by atoms with Gasteiger partial charge in [-0.3, -0.25) is 4.79 Å². The van der Waals surface area contributed by atoms with Gasteiger partial charge >= 0.3 is 0 Å². The Labute approximate surface area is 168 Å². The zero-order valence-corrected chi connectivity index (χ0v) is 16.5. The average molecular weight is 387 g/mol. The quantitative estimate of drug-likeness (QED) is 0.617.